The van der Waals surface area contributed by atoms with Crippen LogP contribution in [0.4, 0.5) is 0 Å². The molecule has 0 aromatic heterocycles. The zero-order chi connectivity index (χ0) is 7.78. The number of hydrogen-bond donors (Lipinski definition) is 0. The zero-order valence-corrected chi connectivity index (χ0v) is 9.24. The van der Waals surface area contributed by atoms with E-state index in [1.165, 1.54) is 5.57 Å². The minimum atomic E-state index is -0.0150. The lowest BCUT2D eigenvalue weighted by molar-refractivity contribution is 0.683. The van der Waals surface area contributed by atoms with Gasteiger partial charge in [-0.1, -0.05) is 62.6 Å². The van der Waals surface area contributed by atoms with Crippen LogP contribution in [0.1, 0.15) is 13.8 Å². The Balaban J connectivity index is 2.89. The maximum Gasteiger partial charge on any atom is 0.105 e. The van der Waals surface area contributed by atoms with E-state index in [9.17, 15) is 0 Å². The van der Waals surface area contributed by atoms with Gasteiger partial charge in [-0.3, -0.25) is 0 Å². The molecule has 1 atom stereocenters. The van der Waals surface area contributed by atoms with E-state index in [1.807, 2.05) is 0 Å². The van der Waals surface area contributed by atoms with Gasteiger partial charge in [-0.25, -0.2) is 0 Å². The van der Waals surface area contributed by atoms with E-state index in [1.54, 1.807) is 0 Å². The maximum absolute atomic E-state index is 3.59. The Morgan fingerprint density at radius 3 is 2.50 bits per heavy atom. The molecule has 0 N–H and O–H groups in total. The molecule has 0 nitrogen and oxygen atoms in total. The van der Waals surface area contributed by atoms with Gasteiger partial charge in [0.15, 0.2) is 0 Å². The first-order chi connectivity index (χ1) is 4.54. The molecule has 0 saturated carbocycles. The predicted octanol–water partition coefficient (Wildman–Crippen LogP) is 3.62. The molecule has 0 heterocycles. The van der Waals surface area contributed by atoms with Crippen LogP contribution in [0.5, 0.6) is 0 Å². The summed E-state index contributed by atoms with van der Waals surface area (Å²) in [6.45, 7) is 4.34. The van der Waals surface area contributed by atoms with Gasteiger partial charge in [0, 0.05) is 5.92 Å². The monoisotopic (exact) mass is 264 g/mol. The van der Waals surface area contributed by atoms with Gasteiger partial charge >= 0.3 is 0 Å². The minimum absolute atomic E-state index is 0.0150. The Morgan fingerprint density at radius 2 is 2.10 bits per heavy atom. The first-order valence-corrected chi connectivity index (χ1v) is 4.86. The van der Waals surface area contributed by atoms with E-state index in [0.29, 0.717) is 5.92 Å². The van der Waals surface area contributed by atoms with Gasteiger partial charge in [0.25, 0.3) is 0 Å². The largest absolute Gasteiger partial charge is 0.105 e. The Morgan fingerprint density at radius 1 is 1.50 bits per heavy atom. The SMILES string of the molecule is CC1=CC=CC(Br)(Br)C1C. The van der Waals surface area contributed by atoms with Gasteiger partial charge in [-0.05, 0) is 6.92 Å². The van der Waals surface area contributed by atoms with Crippen molar-refractivity contribution in [2.24, 2.45) is 5.92 Å². The average molecular weight is 266 g/mol. The van der Waals surface area contributed by atoms with Crippen LogP contribution in [0, 0.1) is 5.92 Å². The third kappa shape index (κ3) is 1.54. The third-order valence-electron chi connectivity index (χ3n) is 1.94. The number of alkyl halides is 2. The first kappa shape index (κ1) is 8.54. The lowest BCUT2D eigenvalue weighted by Crippen LogP contribution is -2.22. The molecular formula is C8H10Br2. The highest BCUT2D eigenvalue weighted by Crippen LogP contribution is 2.41. The topological polar surface area (TPSA) is 0 Å². The summed E-state index contributed by atoms with van der Waals surface area (Å²) < 4.78 is -0.0150. The van der Waals surface area contributed by atoms with Crippen LogP contribution in [0.25, 0.3) is 0 Å². The van der Waals surface area contributed by atoms with Crippen LogP contribution in [-0.2, 0) is 0 Å². The Hall–Kier alpha value is 0.440. The van der Waals surface area contributed by atoms with Crippen molar-refractivity contribution in [3.05, 3.63) is 23.8 Å². The fourth-order valence-corrected chi connectivity index (χ4v) is 1.95. The van der Waals surface area contributed by atoms with Crippen LogP contribution in [0.2, 0.25) is 0 Å². The van der Waals surface area contributed by atoms with Crippen LogP contribution in [0.15, 0.2) is 23.8 Å². The zero-order valence-electron chi connectivity index (χ0n) is 6.07. The van der Waals surface area contributed by atoms with Crippen molar-refractivity contribution in [3.8, 4) is 0 Å². The Kier molecular flexibility index (Phi) is 2.41. The Labute approximate surface area is 78.6 Å². The molecule has 0 aromatic rings. The van der Waals surface area contributed by atoms with E-state index < -0.39 is 0 Å². The molecule has 1 aliphatic carbocycles. The van der Waals surface area contributed by atoms with E-state index in [0.717, 1.165) is 0 Å². The van der Waals surface area contributed by atoms with Crippen molar-refractivity contribution in [3.63, 3.8) is 0 Å². The summed E-state index contributed by atoms with van der Waals surface area (Å²) >= 11 is 7.17. The molecule has 0 saturated heterocycles. The van der Waals surface area contributed by atoms with Gasteiger partial charge in [-0.2, -0.15) is 0 Å². The van der Waals surface area contributed by atoms with Crippen molar-refractivity contribution < 1.29 is 0 Å². The lowest BCUT2D eigenvalue weighted by atomic mass is 9.95. The fraction of sp³-hybridized carbons (Fsp3) is 0.500. The molecule has 56 valence electrons. The molecule has 0 spiro atoms. The number of hydrogen-bond acceptors (Lipinski definition) is 0. The van der Waals surface area contributed by atoms with Crippen molar-refractivity contribution in [2.75, 3.05) is 0 Å². The van der Waals surface area contributed by atoms with Crippen molar-refractivity contribution >= 4 is 31.9 Å². The standard InChI is InChI=1S/C8H10Br2/c1-6-4-3-5-8(9,10)7(6)2/h3-5,7H,1-2H3. The smallest absolute Gasteiger partial charge is 0.0679 e. The normalized spacial score (nSPS) is 30.0. The second-order valence-corrected chi connectivity index (χ2v) is 6.35. The summed E-state index contributed by atoms with van der Waals surface area (Å²) in [5.74, 6) is 0.525. The first-order valence-electron chi connectivity index (χ1n) is 3.28. The number of rotatable bonds is 0. The summed E-state index contributed by atoms with van der Waals surface area (Å²) in [5.41, 5.74) is 1.40. The van der Waals surface area contributed by atoms with Crippen molar-refractivity contribution in [2.45, 2.75) is 17.1 Å². The van der Waals surface area contributed by atoms with Crippen LogP contribution < -0.4 is 0 Å². The molecule has 0 fully saturated rings. The molecule has 2 heteroatoms. The predicted molar refractivity (Wildman–Crippen MR) is 52.6 cm³/mol. The van der Waals surface area contributed by atoms with E-state index >= 15 is 0 Å². The molecule has 0 radical (unpaired) electrons. The van der Waals surface area contributed by atoms with Gasteiger partial charge < -0.3 is 0 Å². The summed E-state index contributed by atoms with van der Waals surface area (Å²) in [7, 11) is 0. The molecule has 0 bridgehead atoms. The minimum Gasteiger partial charge on any atom is -0.0679 e. The highest BCUT2D eigenvalue weighted by molar-refractivity contribution is 9.25. The lowest BCUT2D eigenvalue weighted by Gasteiger charge is -2.27. The molecular weight excluding hydrogens is 256 g/mol. The van der Waals surface area contributed by atoms with Crippen LogP contribution >= 0.6 is 31.9 Å². The van der Waals surface area contributed by atoms with Crippen molar-refractivity contribution in [1.29, 1.82) is 0 Å². The quantitative estimate of drug-likeness (QED) is 0.587. The van der Waals surface area contributed by atoms with E-state index in [2.05, 4.69) is 63.9 Å². The number of allylic oxidation sites excluding steroid dienone is 4. The second-order valence-electron chi connectivity index (χ2n) is 2.67. The highest BCUT2D eigenvalue weighted by atomic mass is 79.9. The van der Waals surface area contributed by atoms with E-state index in [4.69, 9.17) is 0 Å². The molecule has 1 aliphatic rings. The third-order valence-corrected chi connectivity index (χ3v) is 3.84. The number of halogens is 2. The van der Waals surface area contributed by atoms with Crippen molar-refractivity contribution in [1.82, 2.24) is 0 Å². The molecule has 0 amide bonds. The summed E-state index contributed by atoms with van der Waals surface area (Å²) in [6.07, 6.45) is 6.33. The summed E-state index contributed by atoms with van der Waals surface area (Å²) in [5, 5.41) is 0. The maximum atomic E-state index is 3.59. The molecule has 0 aliphatic heterocycles. The van der Waals surface area contributed by atoms with Crippen LogP contribution in [-0.4, -0.2) is 3.23 Å². The fourth-order valence-electron chi connectivity index (χ4n) is 0.920. The second kappa shape index (κ2) is 2.82. The molecule has 1 unspecified atom stereocenters. The van der Waals surface area contributed by atoms with E-state index in [-0.39, 0.29) is 3.23 Å². The van der Waals surface area contributed by atoms with Crippen LogP contribution in [0.3, 0.4) is 0 Å². The Bertz CT molecular complexity index is 189. The summed E-state index contributed by atoms with van der Waals surface area (Å²) in [6, 6.07) is 0. The van der Waals surface area contributed by atoms with Gasteiger partial charge in [-0.15, -0.1) is 0 Å². The average Bonchev–Trinajstić information content (AvgIpc) is 1.83. The molecule has 1 rings (SSSR count). The van der Waals surface area contributed by atoms with Gasteiger partial charge in [0.2, 0.25) is 0 Å². The molecule has 0 aromatic carbocycles. The highest BCUT2D eigenvalue weighted by Gasteiger charge is 2.29. The molecule has 10 heavy (non-hydrogen) atoms. The van der Waals surface area contributed by atoms with Gasteiger partial charge in [0.05, 0.1) is 0 Å². The summed E-state index contributed by atoms with van der Waals surface area (Å²) in [4.78, 5) is 0. The van der Waals surface area contributed by atoms with Gasteiger partial charge in [0.1, 0.15) is 3.23 Å².